The molecule has 17 atom stereocenters. The number of thioether (sulfide) groups is 8. The Morgan fingerprint density at radius 2 is 0.496 bits per heavy atom. The third-order valence-corrected chi connectivity index (χ3v) is 26.5. The highest BCUT2D eigenvalue weighted by Crippen LogP contribution is 2.42. The molecule has 0 radical (unpaired) electrons. The first-order chi connectivity index (χ1) is 56.3. The van der Waals surface area contributed by atoms with Crippen molar-refractivity contribution in [1.29, 1.82) is 0 Å². The second-order valence-electron chi connectivity index (χ2n) is 25.7. The SMILES string of the molecule is O=C(O)CC(SCCCOC[C@H]1O[C@@](COCCCSC(CC(=O)O)C(=O)O)(O[C@H]2O[C@H](COCCCSC(CC(=O)O)C(=O)O)[C@@H](OCCCSC(CC(=O)O)C(=O)O)[C@H](OCCCSC(CC(=O)O)C(=O)O)[C@H]2OCCCSC(CC(=O)O)C(=O)O)[C@@H](OCCCSC(CC(=O)O)C(=O)O)[C@@H]1OCCCSC(CC(=O)O)C(=O)O)C(=O)O. The van der Waals surface area contributed by atoms with Gasteiger partial charge in [-0.1, -0.05) is 0 Å². The van der Waals surface area contributed by atoms with Crippen LogP contribution in [0, 0.1) is 0 Å². The summed E-state index contributed by atoms with van der Waals surface area (Å²) >= 11 is 5.96. The molecule has 680 valence electrons. The topological polar surface area (TPSA) is 698 Å². The van der Waals surface area contributed by atoms with E-state index in [-0.39, 0.29) is 130 Å². The highest BCUT2D eigenvalue weighted by Gasteiger charge is 2.62. The van der Waals surface area contributed by atoms with Gasteiger partial charge < -0.3 is 134 Å². The largest absolute Gasteiger partial charge is 0.481 e. The maximum atomic E-state index is 12.3. The molecule has 0 aromatic heterocycles. The zero-order chi connectivity index (χ0) is 89.2. The molecule has 0 aromatic carbocycles. The summed E-state index contributed by atoms with van der Waals surface area (Å²) in [6.45, 7) is -4.72. The van der Waals surface area contributed by atoms with Gasteiger partial charge in [0.2, 0.25) is 5.79 Å². The molecule has 0 aliphatic carbocycles. The third-order valence-electron chi connectivity index (χ3n) is 16.1. The van der Waals surface area contributed by atoms with Crippen molar-refractivity contribution in [3.05, 3.63) is 0 Å². The number of rotatable bonds is 77. The number of hydrogen-bond donors (Lipinski definition) is 16. The molecule has 119 heavy (non-hydrogen) atoms. The predicted molar refractivity (Wildman–Crippen MR) is 425 cm³/mol. The van der Waals surface area contributed by atoms with E-state index in [1.807, 2.05) is 0 Å². The molecule has 2 aliphatic heterocycles. The summed E-state index contributed by atoms with van der Waals surface area (Å²) < 4.78 is 73.5. The van der Waals surface area contributed by atoms with Crippen LogP contribution in [-0.2, 0) is 129 Å². The number of hydrogen-bond acceptors (Lipinski definition) is 35. The summed E-state index contributed by atoms with van der Waals surface area (Å²) in [7, 11) is 0. The Hall–Kier alpha value is -6.12. The van der Waals surface area contributed by atoms with Gasteiger partial charge in [-0.3, -0.25) is 76.7 Å². The minimum absolute atomic E-state index is 0.00394. The first-order valence-electron chi connectivity index (χ1n) is 36.6. The smallest absolute Gasteiger partial charge is 0.317 e. The van der Waals surface area contributed by atoms with Crippen LogP contribution in [0.15, 0.2) is 0 Å². The monoisotopic (exact) mass is 1860 g/mol. The molecule has 0 saturated carbocycles. The zero-order valence-corrected chi connectivity index (χ0v) is 70.5. The molecule has 2 heterocycles. The van der Waals surface area contributed by atoms with Gasteiger partial charge in [-0.05, 0) is 97.4 Å². The zero-order valence-electron chi connectivity index (χ0n) is 63.9. The standard InChI is InChI=1S/C68H102O43S8/c69-46(70)25-38(59(85)86)112-17-1-9-101-33-36-54(104-12-4-20-115-41(62(91)92)28-49(75)76)56(106-14-6-22-117-43(64(95)96)30-51(79)80)57(107-15-7-23-118-44(65(97)98)31-52(81)82)67(109-36)111-68(35-103-11-3-19-114-40(61(89)90)27-48(73)74)58(108-16-8-24-119-45(66(99)100)32-53(83)84)55(105-13-5-21-116-42(63(93)94)29-50(77)78)37(110-68)34-102-10-2-18-113-39(60(87)88)26-47(71)72/h36-45,54-58,67H,1-35H2,(H,69,70)(H,71,72)(H,73,74)(H,75,76)(H,77,78)(H,79,80)(H,81,82)(H,83,84)(H,85,86)(H,87,88)(H,89,90)(H,91,92)(H,93,94)(H,95,96)(H,97,98)(H,99,100)/t36-,37-,38?,39?,40?,41?,42?,43?,44?,45?,54-,55-,56+,57-,58+,67-,68+/m1/s1. The predicted octanol–water partition coefficient (Wildman–Crippen LogP) is 3.21. The summed E-state index contributed by atoms with van der Waals surface area (Å²) in [5.41, 5.74) is 0. The van der Waals surface area contributed by atoms with Crippen molar-refractivity contribution in [3.63, 3.8) is 0 Å². The van der Waals surface area contributed by atoms with Crippen molar-refractivity contribution in [1.82, 2.24) is 0 Å². The van der Waals surface area contributed by atoms with Crippen LogP contribution in [0.5, 0.6) is 0 Å². The molecule has 2 aliphatic rings. The average molecular weight is 1860 g/mol. The van der Waals surface area contributed by atoms with Crippen molar-refractivity contribution < 1.29 is 211 Å². The van der Waals surface area contributed by atoms with E-state index in [1.54, 1.807) is 0 Å². The van der Waals surface area contributed by atoms with Gasteiger partial charge >= 0.3 is 95.5 Å². The molecular weight excluding hydrogens is 1760 g/mol. The van der Waals surface area contributed by atoms with Crippen LogP contribution in [0.2, 0.25) is 0 Å². The summed E-state index contributed by atoms with van der Waals surface area (Å²) in [5, 5.41) is 143. The maximum Gasteiger partial charge on any atom is 0.317 e. The lowest BCUT2D eigenvalue weighted by atomic mass is 9.97. The molecule has 2 saturated heterocycles. The van der Waals surface area contributed by atoms with E-state index in [4.69, 9.17) is 52.1 Å². The third kappa shape index (κ3) is 46.8. The van der Waals surface area contributed by atoms with E-state index in [1.165, 1.54) is 0 Å². The van der Waals surface area contributed by atoms with Crippen molar-refractivity contribution in [2.45, 2.75) is 200 Å². The van der Waals surface area contributed by atoms with Gasteiger partial charge in [-0.25, -0.2) is 0 Å². The molecule has 8 unspecified atom stereocenters. The lowest BCUT2D eigenvalue weighted by molar-refractivity contribution is -0.395. The van der Waals surface area contributed by atoms with Gasteiger partial charge in [-0.15, -0.1) is 94.1 Å². The summed E-state index contributed by atoms with van der Waals surface area (Å²) in [6.07, 6.45) is -19.8. The normalized spacial score (nSPS) is 21.1. The van der Waals surface area contributed by atoms with E-state index in [0.29, 0.717) is 11.8 Å². The number of carboxylic acid groups (broad SMARTS) is 16. The Kier molecular flexibility index (Phi) is 56.1. The van der Waals surface area contributed by atoms with E-state index in [2.05, 4.69) is 0 Å². The van der Waals surface area contributed by atoms with Crippen molar-refractivity contribution in [2.24, 2.45) is 0 Å². The highest BCUT2D eigenvalue weighted by molar-refractivity contribution is 8.02. The van der Waals surface area contributed by atoms with Crippen molar-refractivity contribution >= 4 is 190 Å². The van der Waals surface area contributed by atoms with Crippen LogP contribution in [-0.4, -0.2) is 393 Å². The fraction of sp³-hybridized carbons (Fsp3) is 0.765. The number of ether oxygens (including phenoxy) is 11. The molecule has 0 spiro atoms. The van der Waals surface area contributed by atoms with Gasteiger partial charge in [0, 0.05) is 52.9 Å². The fourth-order valence-corrected chi connectivity index (χ4v) is 18.6. The molecule has 2 rings (SSSR count). The molecule has 0 bridgehead atoms. The van der Waals surface area contributed by atoms with E-state index >= 15 is 0 Å². The van der Waals surface area contributed by atoms with Gasteiger partial charge in [0.25, 0.3) is 0 Å². The molecule has 51 heteroatoms. The van der Waals surface area contributed by atoms with Crippen LogP contribution in [0.25, 0.3) is 0 Å². The number of carboxylic acids is 16. The van der Waals surface area contributed by atoms with E-state index < -0.39 is 283 Å². The van der Waals surface area contributed by atoms with Crippen LogP contribution in [0.3, 0.4) is 0 Å². The average Bonchev–Trinajstić information content (AvgIpc) is 1.60. The summed E-state index contributed by atoms with van der Waals surface area (Å²) in [4.78, 5) is 191. The van der Waals surface area contributed by atoms with E-state index in [0.717, 1.165) is 82.3 Å². The Labute approximate surface area is 714 Å². The molecule has 2 fully saturated rings. The maximum absolute atomic E-state index is 12.3. The van der Waals surface area contributed by atoms with Crippen LogP contribution in [0.1, 0.15) is 103 Å². The second-order valence-corrected chi connectivity index (χ2v) is 36.1. The molecule has 43 nitrogen and oxygen atoms in total. The lowest BCUT2D eigenvalue weighted by Crippen LogP contribution is -2.65. The summed E-state index contributed by atoms with van der Waals surface area (Å²) in [6, 6.07) is 0. The molecule has 0 aromatic rings. The Balaban J connectivity index is 3.31. The minimum atomic E-state index is -2.56. The minimum Gasteiger partial charge on any atom is -0.481 e. The molecular formula is C68H102O43S8. The lowest BCUT2D eigenvalue weighted by Gasteiger charge is -2.48. The Bertz CT molecular complexity index is 3220. The summed E-state index contributed by atoms with van der Waals surface area (Å²) in [5.74, 6) is -26.2. The van der Waals surface area contributed by atoms with Crippen molar-refractivity contribution in [2.75, 3.05) is 119 Å². The Morgan fingerprint density at radius 3 is 0.765 bits per heavy atom. The van der Waals surface area contributed by atoms with Crippen LogP contribution >= 0.6 is 94.1 Å². The first kappa shape index (κ1) is 109. The second kappa shape index (κ2) is 61.2. The van der Waals surface area contributed by atoms with Gasteiger partial charge in [0.05, 0.1) is 64.6 Å². The Morgan fingerprint density at radius 1 is 0.269 bits per heavy atom. The van der Waals surface area contributed by atoms with Gasteiger partial charge in [-0.2, -0.15) is 0 Å². The first-order valence-corrected chi connectivity index (χ1v) is 45.0. The van der Waals surface area contributed by atoms with Crippen LogP contribution in [0.4, 0.5) is 0 Å². The van der Waals surface area contributed by atoms with Crippen molar-refractivity contribution in [3.8, 4) is 0 Å². The van der Waals surface area contributed by atoms with Gasteiger partial charge in [0.1, 0.15) is 91.3 Å². The number of carbonyl (C=O) groups is 16. The highest BCUT2D eigenvalue weighted by atomic mass is 32.2. The number of aliphatic carboxylic acids is 16. The van der Waals surface area contributed by atoms with E-state index in [9.17, 15) is 158 Å². The molecule has 0 amide bonds. The molecule has 16 N–H and O–H groups in total. The quantitative estimate of drug-likeness (QED) is 0.0389. The van der Waals surface area contributed by atoms with Gasteiger partial charge in [0.15, 0.2) is 6.29 Å². The van der Waals surface area contributed by atoms with Crippen LogP contribution < -0.4 is 0 Å². The fourth-order valence-electron chi connectivity index (χ4n) is 10.8.